The average molecular weight is 431 g/mol. The molecule has 4 rings (SSSR count). The highest BCUT2D eigenvalue weighted by atomic mass is 19.1. The lowest BCUT2D eigenvalue weighted by atomic mass is 9.91. The summed E-state index contributed by atoms with van der Waals surface area (Å²) in [5.41, 5.74) is 10.0. The second-order valence-corrected chi connectivity index (χ2v) is 7.44. The van der Waals surface area contributed by atoms with Gasteiger partial charge in [0.05, 0.1) is 11.1 Å². The van der Waals surface area contributed by atoms with Crippen LogP contribution in [0.25, 0.3) is 16.6 Å². The Kier molecular flexibility index (Phi) is 5.68. The first-order chi connectivity index (χ1) is 15.4. The van der Waals surface area contributed by atoms with Crippen LogP contribution in [0.4, 0.5) is 10.2 Å². The molecular formula is C24H22FN5O2. The fourth-order valence-corrected chi connectivity index (χ4v) is 3.87. The summed E-state index contributed by atoms with van der Waals surface area (Å²) in [5, 5.41) is 5.23. The Morgan fingerprint density at radius 3 is 2.62 bits per heavy atom. The maximum atomic E-state index is 14.3. The molecule has 0 aliphatic carbocycles. The lowest BCUT2D eigenvalue weighted by Crippen LogP contribution is -2.15. The van der Waals surface area contributed by atoms with Crippen LogP contribution in [0.1, 0.15) is 35.3 Å². The summed E-state index contributed by atoms with van der Waals surface area (Å²) in [5.74, 6) is 0.233. The van der Waals surface area contributed by atoms with Crippen molar-refractivity contribution in [2.24, 2.45) is 0 Å². The number of hydrogen-bond acceptors (Lipinski definition) is 6. The summed E-state index contributed by atoms with van der Waals surface area (Å²) in [6, 6.07) is 13.3. The highest BCUT2D eigenvalue weighted by molar-refractivity contribution is 5.88. The number of allylic oxidation sites excluding steroid dienone is 1. The number of aromatic nitrogens is 4. The van der Waals surface area contributed by atoms with E-state index in [-0.39, 0.29) is 0 Å². The zero-order valence-electron chi connectivity index (χ0n) is 17.9. The van der Waals surface area contributed by atoms with E-state index in [0.717, 1.165) is 11.1 Å². The first kappa shape index (κ1) is 21.2. The van der Waals surface area contributed by atoms with E-state index in [1.165, 1.54) is 18.5 Å². The lowest BCUT2D eigenvalue weighted by Gasteiger charge is -2.21. The third-order valence-electron chi connectivity index (χ3n) is 5.39. The number of benzene rings is 2. The largest absolute Gasteiger partial charge is 0.430 e. The highest BCUT2D eigenvalue weighted by Crippen LogP contribution is 2.36. The molecule has 7 nitrogen and oxygen atoms in total. The van der Waals surface area contributed by atoms with Crippen molar-refractivity contribution in [1.82, 2.24) is 19.7 Å². The molecule has 4 aromatic rings. The van der Waals surface area contributed by atoms with E-state index in [2.05, 4.69) is 15.1 Å². The molecule has 1 unspecified atom stereocenters. The summed E-state index contributed by atoms with van der Waals surface area (Å²) in [6.45, 7) is 5.89. The predicted molar refractivity (Wildman–Crippen MR) is 120 cm³/mol. The van der Waals surface area contributed by atoms with E-state index >= 15 is 0 Å². The Hall–Kier alpha value is -4.07. The molecule has 0 aliphatic heterocycles. The van der Waals surface area contributed by atoms with Crippen LogP contribution in [-0.4, -0.2) is 26.2 Å². The molecule has 2 aromatic heterocycles. The quantitative estimate of drug-likeness (QED) is 0.360. The van der Waals surface area contributed by atoms with Crippen molar-refractivity contribution in [3.63, 3.8) is 0 Å². The number of carbonyl (C=O) groups is 1. The Bertz CT molecular complexity index is 1330. The molecule has 2 heterocycles. The predicted octanol–water partition coefficient (Wildman–Crippen LogP) is 4.36. The SMILES string of the molecule is Cc1ccc(F)cc1/C(=C(\OC=O)C(C)n1nc(C)c2c(N)ncnc21)c1ccccc1. The molecule has 0 saturated carbocycles. The maximum Gasteiger partial charge on any atom is 0.298 e. The van der Waals surface area contributed by atoms with E-state index in [0.29, 0.717) is 45.9 Å². The van der Waals surface area contributed by atoms with Gasteiger partial charge in [-0.05, 0) is 49.6 Å². The second kappa shape index (κ2) is 8.58. The number of nitrogens with two attached hydrogens (primary N) is 1. The molecule has 32 heavy (non-hydrogen) atoms. The van der Waals surface area contributed by atoms with Crippen LogP contribution >= 0.6 is 0 Å². The van der Waals surface area contributed by atoms with E-state index in [9.17, 15) is 9.18 Å². The molecule has 0 aliphatic rings. The van der Waals surface area contributed by atoms with Gasteiger partial charge in [-0.15, -0.1) is 0 Å². The Morgan fingerprint density at radius 1 is 1.16 bits per heavy atom. The number of hydrogen-bond donors (Lipinski definition) is 1. The van der Waals surface area contributed by atoms with Crippen molar-refractivity contribution < 1.29 is 13.9 Å². The van der Waals surface area contributed by atoms with Gasteiger partial charge in [-0.2, -0.15) is 5.10 Å². The zero-order chi connectivity index (χ0) is 22.8. The molecule has 0 amide bonds. The maximum absolute atomic E-state index is 14.3. The minimum Gasteiger partial charge on any atom is -0.430 e. The summed E-state index contributed by atoms with van der Waals surface area (Å²) >= 11 is 0. The molecule has 2 N–H and O–H groups in total. The van der Waals surface area contributed by atoms with Crippen molar-refractivity contribution in [2.75, 3.05) is 5.73 Å². The van der Waals surface area contributed by atoms with Gasteiger partial charge in [0.25, 0.3) is 6.47 Å². The number of rotatable bonds is 6. The van der Waals surface area contributed by atoms with Crippen LogP contribution < -0.4 is 5.73 Å². The van der Waals surface area contributed by atoms with Crippen molar-refractivity contribution >= 4 is 28.9 Å². The molecule has 1 atom stereocenters. The van der Waals surface area contributed by atoms with Crippen molar-refractivity contribution in [3.05, 3.63) is 88.8 Å². The number of nitrogens with zero attached hydrogens (tertiary/aromatic N) is 4. The fraction of sp³-hybridized carbons (Fsp3) is 0.167. The Morgan fingerprint density at radius 2 is 1.91 bits per heavy atom. The number of halogens is 1. The Balaban J connectivity index is 2.03. The van der Waals surface area contributed by atoms with Crippen LogP contribution in [-0.2, 0) is 9.53 Å². The molecular weight excluding hydrogens is 409 g/mol. The number of carbonyl (C=O) groups excluding carboxylic acids is 1. The zero-order valence-corrected chi connectivity index (χ0v) is 17.9. The lowest BCUT2D eigenvalue weighted by molar-refractivity contribution is -0.125. The smallest absolute Gasteiger partial charge is 0.298 e. The van der Waals surface area contributed by atoms with Crippen LogP contribution in [0.5, 0.6) is 0 Å². The summed E-state index contributed by atoms with van der Waals surface area (Å²) in [6.07, 6.45) is 1.36. The first-order valence-corrected chi connectivity index (χ1v) is 10.0. The van der Waals surface area contributed by atoms with Gasteiger partial charge in [0.1, 0.15) is 29.8 Å². The minimum atomic E-state index is -0.566. The topological polar surface area (TPSA) is 95.9 Å². The summed E-state index contributed by atoms with van der Waals surface area (Å²) in [7, 11) is 0. The van der Waals surface area contributed by atoms with E-state index in [1.807, 2.05) is 51.1 Å². The van der Waals surface area contributed by atoms with Gasteiger partial charge in [0.15, 0.2) is 5.65 Å². The molecule has 0 bridgehead atoms. The highest BCUT2D eigenvalue weighted by Gasteiger charge is 2.26. The minimum absolute atomic E-state index is 0.307. The molecule has 2 aromatic carbocycles. The molecule has 162 valence electrons. The van der Waals surface area contributed by atoms with E-state index < -0.39 is 11.9 Å². The van der Waals surface area contributed by atoms with Gasteiger partial charge in [0.2, 0.25) is 0 Å². The number of nitrogen functional groups attached to an aromatic ring is 1. The van der Waals surface area contributed by atoms with Crippen LogP contribution in [0.3, 0.4) is 0 Å². The van der Waals surface area contributed by atoms with Crippen LogP contribution in [0.2, 0.25) is 0 Å². The third kappa shape index (κ3) is 3.71. The van der Waals surface area contributed by atoms with Gasteiger partial charge in [-0.1, -0.05) is 36.4 Å². The van der Waals surface area contributed by atoms with Gasteiger partial charge >= 0.3 is 0 Å². The Labute approximate surface area is 184 Å². The van der Waals surface area contributed by atoms with Gasteiger partial charge in [-0.3, -0.25) is 4.79 Å². The molecule has 0 fully saturated rings. The normalized spacial score (nSPS) is 13.0. The first-order valence-electron chi connectivity index (χ1n) is 10.0. The standard InChI is InChI=1S/C24H22FN5O2/c1-14-9-10-18(25)11-19(14)21(17-7-5-4-6-8-17)22(32-13-31)16(3)30-24-20(15(2)29-30)23(26)27-12-28-24/h4-13,16H,1-3H3,(H2,26,27,28)/b22-21-. The molecule has 0 radical (unpaired) electrons. The molecule has 8 heteroatoms. The summed E-state index contributed by atoms with van der Waals surface area (Å²) in [4.78, 5) is 20.0. The van der Waals surface area contributed by atoms with E-state index in [4.69, 9.17) is 10.5 Å². The van der Waals surface area contributed by atoms with E-state index in [1.54, 1.807) is 10.7 Å². The van der Waals surface area contributed by atoms with Crippen LogP contribution in [0.15, 0.2) is 60.6 Å². The van der Waals surface area contributed by atoms with Gasteiger partial charge < -0.3 is 10.5 Å². The fourth-order valence-electron chi connectivity index (χ4n) is 3.87. The van der Waals surface area contributed by atoms with Gasteiger partial charge in [0, 0.05) is 5.57 Å². The van der Waals surface area contributed by atoms with Gasteiger partial charge in [-0.25, -0.2) is 19.0 Å². The van der Waals surface area contributed by atoms with Crippen molar-refractivity contribution in [2.45, 2.75) is 26.8 Å². The third-order valence-corrected chi connectivity index (χ3v) is 5.39. The monoisotopic (exact) mass is 431 g/mol. The van der Waals surface area contributed by atoms with Crippen LogP contribution in [0, 0.1) is 19.7 Å². The average Bonchev–Trinajstić information content (AvgIpc) is 3.13. The number of aryl methyl sites for hydroxylation is 2. The molecule has 0 saturated heterocycles. The molecule has 0 spiro atoms. The number of anilines is 1. The van der Waals surface area contributed by atoms with Crippen molar-refractivity contribution in [3.8, 4) is 0 Å². The second-order valence-electron chi connectivity index (χ2n) is 7.44. The van der Waals surface area contributed by atoms with Crippen molar-refractivity contribution in [1.29, 1.82) is 0 Å². The number of ether oxygens (including phenoxy) is 1. The summed E-state index contributed by atoms with van der Waals surface area (Å²) < 4.78 is 21.5. The number of fused-ring (bicyclic) bond motifs is 1.